The van der Waals surface area contributed by atoms with Gasteiger partial charge in [0, 0.05) is 158 Å². The van der Waals surface area contributed by atoms with Crippen LogP contribution in [0.4, 0.5) is 52.7 Å². The number of hydrogen-bond acceptors (Lipinski definition) is 15. The number of carbonyl (C=O) groups is 3. The number of rotatable bonds is 39. The monoisotopic (exact) mass is 2120 g/mol. The highest BCUT2D eigenvalue weighted by Gasteiger charge is 2.40. The second-order valence-electron chi connectivity index (χ2n) is 29.0. The first kappa shape index (κ1) is 48.5. The number of thioether (sulfide) groups is 3. The van der Waals surface area contributed by atoms with Gasteiger partial charge in [-0.2, -0.15) is 54.5 Å². The lowest BCUT2D eigenvalue weighted by molar-refractivity contribution is -0.138. The van der Waals surface area contributed by atoms with Crippen molar-refractivity contribution in [3.8, 4) is 22.3 Å². The Morgan fingerprint density at radius 2 is 0.771 bits per heavy atom. The van der Waals surface area contributed by atoms with Crippen molar-refractivity contribution >= 4 is 53.0 Å². The number of amides is 3. The largest absolute Gasteiger partial charge is 0.416 e. The number of likely N-dealkylation sites (N-methyl/N-ethyl adjacent to an activating group) is 3. The quantitative estimate of drug-likeness (QED) is 0.0202. The number of aromatic nitrogens is 6. The Labute approximate surface area is 948 Å². The van der Waals surface area contributed by atoms with Crippen molar-refractivity contribution in [2.24, 2.45) is 17.7 Å². The van der Waals surface area contributed by atoms with Crippen LogP contribution >= 0.6 is 35.3 Å². The van der Waals surface area contributed by atoms with Crippen LogP contribution in [0.3, 0.4) is 0 Å². The molecular formula is C111H124F12N12O6S3. The molecule has 5 aliphatic rings. The van der Waals surface area contributed by atoms with Crippen LogP contribution in [0.15, 0.2) is 246 Å². The van der Waals surface area contributed by atoms with E-state index in [1.807, 2.05) is 0 Å². The summed E-state index contributed by atoms with van der Waals surface area (Å²) in [5, 5.41) is -3.43. The minimum absolute atomic E-state index is 0.0494. The Bertz CT molecular complexity index is 10400. The summed E-state index contributed by atoms with van der Waals surface area (Å²) in [6.07, 6.45) is -37.6. The van der Waals surface area contributed by atoms with E-state index in [0.29, 0.717) is 60.0 Å². The maximum atomic E-state index is 15.6. The lowest BCUT2D eigenvalue weighted by Gasteiger charge is -2.30. The first-order chi connectivity index (χ1) is 97.0. The first-order valence-corrected chi connectivity index (χ1v) is 44.4. The van der Waals surface area contributed by atoms with Gasteiger partial charge < -0.3 is 43.1 Å². The highest BCUT2D eigenvalue weighted by molar-refractivity contribution is 7.98. The molecule has 5 aliphatic carbocycles. The minimum atomic E-state index is -5.56. The van der Waals surface area contributed by atoms with Crippen molar-refractivity contribution in [2.45, 2.75) is 210 Å². The van der Waals surface area contributed by atoms with E-state index >= 15 is 14.4 Å². The number of halogens is 12. The van der Waals surface area contributed by atoms with E-state index < -0.39 is 547 Å². The predicted molar refractivity (Wildman–Crippen MR) is 544 cm³/mol. The Kier molecular flexibility index (Phi) is 17.1. The summed E-state index contributed by atoms with van der Waals surface area (Å²) < 4.78 is 804. The molecule has 0 bridgehead atoms. The third kappa shape index (κ3) is 29.8. The molecule has 3 amide bonds. The number of allylic oxidation sites excluding steroid dienone is 7. The summed E-state index contributed by atoms with van der Waals surface area (Å²) >= 11 is 0.214. The second-order valence-corrected chi connectivity index (χ2v) is 31.9. The Morgan fingerprint density at radius 3 is 1.17 bits per heavy atom. The fourth-order valence-electron chi connectivity index (χ4n) is 12.5. The zero-order valence-electron chi connectivity index (χ0n) is 149. The van der Waals surface area contributed by atoms with Crippen molar-refractivity contribution in [1.29, 1.82) is 0 Å². The van der Waals surface area contributed by atoms with Gasteiger partial charge in [-0.25, -0.2) is 13.2 Å². The Morgan fingerprint density at radius 1 is 0.403 bits per heavy atom. The number of fused-ring (bicyclic) bond motifs is 3. The molecule has 10 aromatic rings. The van der Waals surface area contributed by atoms with Gasteiger partial charge in [-0.1, -0.05) is 236 Å². The maximum absolute atomic E-state index is 15.6. The van der Waals surface area contributed by atoms with E-state index in [0.717, 1.165) is 55.5 Å². The molecule has 0 saturated heterocycles. The van der Waals surface area contributed by atoms with Crippen molar-refractivity contribution < 1.29 is 167 Å². The lowest BCUT2D eigenvalue weighted by Crippen LogP contribution is -2.42. The van der Waals surface area contributed by atoms with Gasteiger partial charge in [0.2, 0.25) is 17.7 Å². The molecule has 0 fully saturated rings. The zero-order chi connectivity index (χ0) is 168. The van der Waals surface area contributed by atoms with E-state index in [1.165, 1.54) is 0 Å². The molecule has 15 rings (SSSR count). The minimum Gasteiger partial charge on any atom is -0.336 e. The van der Waals surface area contributed by atoms with Gasteiger partial charge in [-0.05, 0) is 242 Å². The molecular weight excluding hydrogens is 1920 g/mol. The van der Waals surface area contributed by atoms with Crippen molar-refractivity contribution in [3.05, 3.63) is 337 Å². The second kappa shape index (κ2) is 50.6. The van der Waals surface area contributed by atoms with E-state index in [9.17, 15) is 91.7 Å². The SMILES string of the molecule is [2H]C1=C(C2=C([2H])C([2H])=C(C(F)(F)F)C(C)C2[2H])C([2H])C([2H])C(C([2H])([2H])N(C(=O)C([2H])([2H])n2c(SCc3c([2H])c([2H])c(F)c([2H])c3[2H])nc(=O)c3c2CCC3)C([2H])([2H])C([2H])([2H])N(C([2H])([2H])C)C([2H])([2H])C)=C1[2H].[2H]c1c([2H])c(CSc2nc(=O)c3c(n2C([2H])([2H])C(=O)N(C([2H])([2H])c2c([2H])c([2H])c(-c4c([2H])c([2H])c(C(F)(F)F)c([2H])c4[2H])c([2H])c2[2H])C([2H])([2H])C([2H])([2H])N(C([2H])([2H])C)C([2H])([2H])C)C([2H])([2H])C([2H])(C)C3([2H])[2H])c([2H])c([2H])c1F.[2H]c1c([2H])c(CSc2nc(=O)c3c(n2C([2H])([2H])C(=O)N(C([2H])([2H])c2ccc(-c4ccc(C(F)(F)F)cc4)cc2)C([2H])([2H])C([2H])([2H])N(C([2H])([2H])C)C([2H])([2H])C)C([2H])([2H])C([2H])(C)C3([2H])[2H])c([2H])c([2H])c1F. The average Bonchev–Trinajstić information content (AvgIpc) is 1.51. The standard InChI is InChI=1S/2C37H40F4N4O2S.C37H44F4N4O2S/c2*1-4-43(5-2)18-19-44(22-26-6-10-28(11-7-26)29-12-14-30(15-13-29)37(39,40)41)34(46)23-45-33-21-25(3)20-32(33)35(47)42-36(45)48-24-27-8-16-31(38)17-9-27;1-4-43(5-2)19-20-44(22-26-9-13-28(14-10-26)29-15-18-32(25(3)21-29)37(39,40)41)34(46)23-45-33-8-6-7-31(33)35(47)42-36(45)48-24-27-11-16-30(38)17-12-27/h2*6-17,25H,4-5,18-24H2,1-3H3;9,11-13,15-18,25H,4-8,10,14,19-24H2,1-3H3/i4D2,5D2,6D,7D,8D,9D,10D,11D,12D,13D,14D,15D,16D,17D,18D2,19D2,20D2,21D2,22D2,23D2,25D;4D2,5D2,8D,9D,16D,17D,18D2,19D2,20D2,21D2,22D2,23D2,25D;4D2,5D2,9D,10D,11D,12D,13D,14D,15D,16D,17D,18D,19D2,20D2,21D,22D2,23D2. The fourth-order valence-corrected chi connectivity index (χ4v) is 15.0. The summed E-state index contributed by atoms with van der Waals surface area (Å²) in [5.74, 6) is -23.9. The van der Waals surface area contributed by atoms with E-state index in [1.54, 1.807) is 0 Å². The van der Waals surface area contributed by atoms with Crippen LogP contribution in [0.25, 0.3) is 22.3 Å². The van der Waals surface area contributed by atoms with Crippen LogP contribution in [-0.2, 0) is 115 Å². The van der Waals surface area contributed by atoms with Crippen LogP contribution in [0.2, 0.25) is 0 Å². The van der Waals surface area contributed by atoms with Gasteiger partial charge in [0.05, 0.1) is 68.7 Å². The number of carbonyl (C=O) groups excluding carboxylic acids is 3. The Hall–Kier alpha value is -11.4. The molecule has 766 valence electrons. The van der Waals surface area contributed by atoms with Gasteiger partial charge >= 0.3 is 18.5 Å². The predicted octanol–water partition coefficient (Wildman–Crippen LogP) is 22.4. The van der Waals surface area contributed by atoms with Crippen LogP contribution in [0.5, 0.6) is 0 Å². The third-order valence-electron chi connectivity index (χ3n) is 19.3. The average molecular weight is 2120 g/mol. The summed E-state index contributed by atoms with van der Waals surface area (Å²) in [6.45, 7) is -68.2. The molecule has 3 heterocycles. The summed E-state index contributed by atoms with van der Waals surface area (Å²) in [7, 11) is 0. The van der Waals surface area contributed by atoms with Gasteiger partial charge in [-0.3, -0.25) is 28.8 Å². The van der Waals surface area contributed by atoms with Crippen LogP contribution < -0.4 is 16.7 Å². The van der Waals surface area contributed by atoms with Crippen molar-refractivity contribution in [2.75, 3.05) is 84.5 Å². The summed E-state index contributed by atoms with van der Waals surface area (Å²) in [5.41, 5.74) is -26.7. The molecule has 144 heavy (non-hydrogen) atoms. The number of alkyl halides is 9. The summed E-state index contributed by atoms with van der Waals surface area (Å²) in [6, 6.07) is -25.6. The normalized spacial score (nSPS) is 28.9. The molecule has 0 aliphatic heterocycles. The highest BCUT2D eigenvalue weighted by atomic mass is 32.2. The van der Waals surface area contributed by atoms with Gasteiger partial charge in [0.1, 0.15) is 36.9 Å². The Balaban J connectivity index is 0.000000259. The molecule has 33 heteroatoms. The van der Waals surface area contributed by atoms with Crippen LogP contribution in [0.1, 0.15) is 261 Å². The summed E-state index contributed by atoms with van der Waals surface area (Å²) in [4.78, 5) is 94.2. The topological polar surface area (TPSA) is 175 Å². The molecule has 0 N–H and O–H groups in total. The van der Waals surface area contributed by atoms with Gasteiger partial charge in [0.15, 0.2) is 15.5 Å². The van der Waals surface area contributed by atoms with Crippen LogP contribution in [0, 0.1) is 35.2 Å². The van der Waals surface area contributed by atoms with Crippen molar-refractivity contribution in [3.63, 3.8) is 0 Å². The molecule has 0 radical (unpaired) electrons. The molecule has 0 spiro atoms. The maximum Gasteiger partial charge on any atom is 0.416 e. The van der Waals surface area contributed by atoms with Gasteiger partial charge in [0.25, 0.3) is 16.7 Å². The van der Waals surface area contributed by atoms with E-state index in [-0.39, 0.29) is 91.0 Å². The zero-order valence-corrected chi connectivity index (χ0v) is 78.2. The molecule has 3 aromatic heterocycles. The lowest BCUT2D eigenvalue weighted by atomic mass is 9.82. The van der Waals surface area contributed by atoms with Crippen molar-refractivity contribution in [1.82, 2.24) is 58.1 Å². The molecule has 6 atom stereocenters. The first-order valence-electron chi connectivity index (χ1n) is 78.1. The number of benzene rings is 7. The van der Waals surface area contributed by atoms with E-state index in [2.05, 4.69) is 15.0 Å². The van der Waals surface area contributed by atoms with E-state index in [4.69, 9.17) is 75.4 Å². The molecule has 6 unspecified atom stereocenters. The number of hydrogen-bond donors (Lipinski definition) is 0. The fraction of sp³-hybridized carbons (Fsp3) is 0.414. The van der Waals surface area contributed by atoms with Gasteiger partial charge in [-0.15, -0.1) is 0 Å². The third-order valence-corrected chi connectivity index (χ3v) is 22.2. The smallest absolute Gasteiger partial charge is 0.336 e. The van der Waals surface area contributed by atoms with Crippen LogP contribution in [-0.4, -0.2) is 166 Å². The highest BCUT2D eigenvalue weighted by Crippen LogP contribution is 2.42. The number of nitrogens with zero attached hydrogens (tertiary/aromatic N) is 12. The molecule has 18 nitrogen and oxygen atoms in total. The molecule has 0 saturated carbocycles. The molecule has 7 aromatic carbocycles.